The Morgan fingerprint density at radius 1 is 1.26 bits per heavy atom. The van der Waals surface area contributed by atoms with Crippen LogP contribution < -0.4 is 5.32 Å². The molecule has 0 radical (unpaired) electrons. The molecule has 3 heterocycles. The molecule has 1 aromatic carbocycles. The average molecular weight is 354 g/mol. The van der Waals surface area contributed by atoms with Gasteiger partial charge in [-0.05, 0) is 44.0 Å². The topological polar surface area (TPSA) is 37.4 Å². The van der Waals surface area contributed by atoms with Crippen molar-refractivity contribution in [3.05, 3.63) is 29.3 Å². The van der Waals surface area contributed by atoms with Crippen molar-refractivity contribution in [2.24, 2.45) is 5.92 Å². The van der Waals surface area contributed by atoms with Crippen LogP contribution >= 0.6 is 23.7 Å². The molecule has 23 heavy (non-hydrogen) atoms. The number of ether oxygens (including phenoxy) is 1. The van der Waals surface area contributed by atoms with Crippen LogP contribution in [0, 0.1) is 5.92 Å². The highest BCUT2D eigenvalue weighted by atomic mass is 35.5. The molecule has 2 fully saturated rings. The summed E-state index contributed by atoms with van der Waals surface area (Å²) >= 11 is 1.82. The zero-order valence-corrected chi connectivity index (χ0v) is 14.9. The van der Waals surface area contributed by atoms with Gasteiger partial charge in [-0.3, -0.25) is 4.90 Å². The number of aromatic nitrogens is 1. The average Bonchev–Trinajstić information content (AvgIpc) is 3.00. The van der Waals surface area contributed by atoms with Crippen molar-refractivity contribution in [2.45, 2.75) is 18.9 Å². The van der Waals surface area contributed by atoms with Crippen molar-refractivity contribution < 1.29 is 4.74 Å². The van der Waals surface area contributed by atoms with Crippen molar-refractivity contribution in [1.82, 2.24) is 15.2 Å². The molecule has 0 spiro atoms. The number of piperidine rings is 1. The molecule has 0 amide bonds. The first-order chi connectivity index (χ1) is 10.9. The second-order valence-corrected chi connectivity index (χ2v) is 7.36. The first-order valence-electron chi connectivity index (χ1n) is 8.28. The number of morpholine rings is 1. The van der Waals surface area contributed by atoms with E-state index in [2.05, 4.69) is 34.5 Å². The van der Waals surface area contributed by atoms with Gasteiger partial charge in [0.2, 0.25) is 0 Å². The summed E-state index contributed by atoms with van der Waals surface area (Å²) in [4.78, 5) is 7.47. The van der Waals surface area contributed by atoms with Gasteiger partial charge >= 0.3 is 0 Å². The Bertz CT molecular complexity index is 596. The molecular formula is C17H24ClN3OS. The lowest BCUT2D eigenvalue weighted by Gasteiger charge is -2.37. The van der Waals surface area contributed by atoms with Crippen LogP contribution in [0.2, 0.25) is 0 Å². The number of hydrogen-bond donors (Lipinski definition) is 1. The third-order valence-electron chi connectivity index (χ3n) is 4.79. The lowest BCUT2D eigenvalue weighted by atomic mass is 9.96. The smallest absolute Gasteiger partial charge is 0.113 e. The van der Waals surface area contributed by atoms with E-state index in [1.54, 1.807) is 0 Å². The van der Waals surface area contributed by atoms with Crippen LogP contribution in [0.4, 0.5) is 0 Å². The predicted octanol–water partition coefficient (Wildman–Crippen LogP) is 3.09. The fourth-order valence-electron chi connectivity index (χ4n) is 3.51. The first-order valence-corrected chi connectivity index (χ1v) is 9.10. The van der Waals surface area contributed by atoms with Crippen molar-refractivity contribution in [3.8, 4) is 0 Å². The van der Waals surface area contributed by atoms with Gasteiger partial charge in [0.15, 0.2) is 0 Å². The van der Waals surface area contributed by atoms with E-state index in [1.165, 1.54) is 42.2 Å². The van der Waals surface area contributed by atoms with Gasteiger partial charge in [0.25, 0.3) is 0 Å². The van der Waals surface area contributed by atoms with Crippen LogP contribution in [0.1, 0.15) is 23.9 Å². The van der Waals surface area contributed by atoms with Gasteiger partial charge in [0.05, 0.1) is 29.5 Å². The Labute approximate surface area is 147 Å². The normalized spacial score (nSPS) is 23.7. The highest BCUT2D eigenvalue weighted by molar-refractivity contribution is 7.18. The fourth-order valence-corrected chi connectivity index (χ4v) is 4.60. The van der Waals surface area contributed by atoms with Gasteiger partial charge in [-0.25, -0.2) is 4.98 Å². The Kier molecular flexibility index (Phi) is 5.88. The predicted molar refractivity (Wildman–Crippen MR) is 97.6 cm³/mol. The van der Waals surface area contributed by atoms with Crippen LogP contribution in [0.3, 0.4) is 0 Å². The number of nitrogens with one attached hydrogen (secondary N) is 1. The second kappa shape index (κ2) is 7.90. The van der Waals surface area contributed by atoms with E-state index in [0.717, 1.165) is 31.2 Å². The zero-order valence-electron chi connectivity index (χ0n) is 13.2. The third kappa shape index (κ3) is 3.86. The minimum absolute atomic E-state index is 0. The van der Waals surface area contributed by atoms with Crippen LogP contribution in [-0.4, -0.2) is 49.3 Å². The highest BCUT2D eigenvalue weighted by Gasteiger charge is 2.29. The summed E-state index contributed by atoms with van der Waals surface area (Å²) in [5.41, 5.74) is 1.12. The van der Waals surface area contributed by atoms with E-state index in [9.17, 15) is 0 Å². The van der Waals surface area contributed by atoms with Gasteiger partial charge < -0.3 is 10.1 Å². The van der Waals surface area contributed by atoms with Gasteiger partial charge in [-0.2, -0.15) is 0 Å². The van der Waals surface area contributed by atoms with Crippen molar-refractivity contribution in [1.29, 1.82) is 0 Å². The minimum Gasteiger partial charge on any atom is -0.378 e. The second-order valence-electron chi connectivity index (χ2n) is 6.30. The lowest BCUT2D eigenvalue weighted by molar-refractivity contribution is -0.0172. The number of benzene rings is 1. The van der Waals surface area contributed by atoms with Crippen LogP contribution in [0.25, 0.3) is 10.2 Å². The minimum atomic E-state index is 0. The Hall–Kier alpha value is -0.720. The molecule has 2 aliphatic heterocycles. The summed E-state index contributed by atoms with van der Waals surface area (Å²) < 4.78 is 7.05. The van der Waals surface area contributed by atoms with E-state index >= 15 is 0 Å². The zero-order chi connectivity index (χ0) is 14.8. The number of thiazole rings is 1. The lowest BCUT2D eigenvalue weighted by Crippen LogP contribution is -2.43. The molecule has 2 aliphatic rings. The maximum atomic E-state index is 5.76. The molecule has 1 N–H and O–H groups in total. The molecule has 2 saturated heterocycles. The molecule has 2 aromatic rings. The van der Waals surface area contributed by atoms with E-state index < -0.39 is 0 Å². The maximum Gasteiger partial charge on any atom is 0.113 e. The van der Waals surface area contributed by atoms with Gasteiger partial charge in [-0.1, -0.05) is 12.1 Å². The molecule has 0 saturated carbocycles. The molecule has 1 unspecified atom stereocenters. The summed E-state index contributed by atoms with van der Waals surface area (Å²) in [5, 5.41) is 4.68. The molecule has 0 aliphatic carbocycles. The monoisotopic (exact) mass is 353 g/mol. The molecule has 4 nitrogen and oxygen atoms in total. The van der Waals surface area contributed by atoms with Crippen molar-refractivity contribution in [3.63, 3.8) is 0 Å². The highest BCUT2D eigenvalue weighted by Crippen LogP contribution is 2.32. The summed E-state index contributed by atoms with van der Waals surface area (Å²) in [7, 11) is 0. The molecule has 126 valence electrons. The molecule has 4 rings (SSSR count). The number of hydrogen-bond acceptors (Lipinski definition) is 5. The van der Waals surface area contributed by atoms with Crippen LogP contribution in [-0.2, 0) is 4.74 Å². The number of halogens is 1. The van der Waals surface area contributed by atoms with E-state index in [-0.39, 0.29) is 12.4 Å². The number of nitrogens with zero attached hydrogens (tertiary/aromatic N) is 2. The fraction of sp³-hybridized carbons (Fsp3) is 0.588. The third-order valence-corrected chi connectivity index (χ3v) is 5.92. The summed E-state index contributed by atoms with van der Waals surface area (Å²) in [6.07, 6.45) is 2.59. The van der Waals surface area contributed by atoms with Gasteiger partial charge in [0, 0.05) is 13.1 Å². The summed E-state index contributed by atoms with van der Waals surface area (Å²) in [5.74, 6) is 0.816. The van der Waals surface area contributed by atoms with Crippen LogP contribution in [0.15, 0.2) is 24.3 Å². The summed E-state index contributed by atoms with van der Waals surface area (Å²) in [6.45, 7) is 6.19. The van der Waals surface area contributed by atoms with Crippen LogP contribution in [0.5, 0.6) is 0 Å². The first kappa shape index (κ1) is 17.1. The maximum absolute atomic E-state index is 5.76. The van der Waals surface area contributed by atoms with E-state index in [4.69, 9.17) is 9.72 Å². The van der Waals surface area contributed by atoms with E-state index in [0.29, 0.717) is 6.04 Å². The van der Waals surface area contributed by atoms with Gasteiger partial charge in [-0.15, -0.1) is 23.7 Å². The quantitative estimate of drug-likeness (QED) is 0.920. The SMILES string of the molecule is Cl.c1ccc2sc(C3COCCN3CC3CCNCC3)nc2c1. The molecule has 1 aromatic heterocycles. The Balaban J connectivity index is 0.00000156. The van der Waals surface area contributed by atoms with Crippen molar-refractivity contribution >= 4 is 34.0 Å². The molecule has 0 bridgehead atoms. The Morgan fingerprint density at radius 2 is 2.09 bits per heavy atom. The number of para-hydroxylation sites is 1. The molecular weight excluding hydrogens is 330 g/mol. The van der Waals surface area contributed by atoms with Crippen molar-refractivity contribution in [2.75, 3.05) is 39.4 Å². The Morgan fingerprint density at radius 3 is 2.91 bits per heavy atom. The number of fused-ring (bicyclic) bond motifs is 1. The summed E-state index contributed by atoms with van der Waals surface area (Å²) in [6, 6.07) is 8.76. The standard InChI is InChI=1S/C17H23N3OS.ClH/c1-2-4-16-14(3-1)19-17(22-16)15-12-21-10-9-20(15)11-13-5-7-18-8-6-13;/h1-4,13,15,18H,5-12H2;1H. The largest absolute Gasteiger partial charge is 0.378 e. The van der Waals surface area contributed by atoms with E-state index in [1.807, 2.05) is 11.3 Å². The van der Waals surface area contributed by atoms with Gasteiger partial charge in [0.1, 0.15) is 5.01 Å². The number of rotatable bonds is 3. The molecule has 6 heteroatoms. The molecule has 1 atom stereocenters.